The third-order valence-electron chi connectivity index (χ3n) is 2.64. The van der Waals surface area contributed by atoms with Gasteiger partial charge in [-0.25, -0.2) is 0 Å². The third kappa shape index (κ3) is 1.78. The molecule has 1 saturated carbocycles. The molecule has 1 aliphatic rings. The molecule has 0 amide bonds. The van der Waals surface area contributed by atoms with Gasteiger partial charge in [-0.3, -0.25) is 0 Å². The smallest absolute Gasteiger partial charge is 0.0202 e. The molecule has 68 valence electrons. The zero-order valence-corrected chi connectivity index (χ0v) is 8.30. The van der Waals surface area contributed by atoms with E-state index in [4.69, 9.17) is 0 Å². The minimum atomic E-state index is 0.667. The summed E-state index contributed by atoms with van der Waals surface area (Å²) in [5.41, 5.74) is 1.58. The summed E-state index contributed by atoms with van der Waals surface area (Å²) in [5.74, 6) is 0.667. The highest BCUT2D eigenvalue weighted by molar-refractivity contribution is 5.26. The maximum Gasteiger partial charge on any atom is 0.0202 e. The lowest BCUT2D eigenvalue weighted by Gasteiger charge is -2.37. The predicted octanol–water partition coefficient (Wildman–Crippen LogP) is 2.51. The van der Waals surface area contributed by atoms with Crippen LogP contribution in [0.1, 0.15) is 26.7 Å². The normalized spacial score (nSPS) is 32.8. The molecule has 1 aliphatic carbocycles. The van der Waals surface area contributed by atoms with Gasteiger partial charge in [-0.15, -0.1) is 0 Å². The summed E-state index contributed by atoms with van der Waals surface area (Å²) >= 11 is 0. The Kier molecular flexibility index (Phi) is 3.54. The summed E-state index contributed by atoms with van der Waals surface area (Å²) in [4.78, 5) is 0. The molecule has 1 fully saturated rings. The largest absolute Gasteiger partial charge is 0.316 e. The van der Waals surface area contributed by atoms with Crippen LogP contribution >= 0.6 is 0 Å². The van der Waals surface area contributed by atoms with Crippen molar-refractivity contribution in [2.75, 3.05) is 7.05 Å². The molecule has 0 heterocycles. The molecule has 0 aromatic rings. The molecule has 2 atom stereocenters. The molecular weight excluding hydrogens is 146 g/mol. The topological polar surface area (TPSA) is 12.0 Å². The van der Waals surface area contributed by atoms with E-state index in [0.717, 1.165) is 6.42 Å². The van der Waals surface area contributed by atoms with Crippen LogP contribution in [0.2, 0.25) is 0 Å². The number of rotatable bonds is 3. The summed E-state index contributed by atoms with van der Waals surface area (Å²) in [6, 6.07) is 0.680. The van der Waals surface area contributed by atoms with E-state index in [0.29, 0.717) is 12.0 Å². The van der Waals surface area contributed by atoms with E-state index in [1.807, 2.05) is 7.05 Å². The van der Waals surface area contributed by atoms with Gasteiger partial charge in [-0.2, -0.15) is 0 Å². The van der Waals surface area contributed by atoms with Gasteiger partial charge in [0, 0.05) is 12.0 Å². The van der Waals surface area contributed by atoms with Gasteiger partial charge in [0.05, 0.1) is 0 Å². The zero-order chi connectivity index (χ0) is 8.97. The van der Waals surface area contributed by atoms with Crippen LogP contribution < -0.4 is 5.32 Å². The number of hydrogen-bond acceptors (Lipinski definition) is 1. The van der Waals surface area contributed by atoms with Crippen molar-refractivity contribution >= 4 is 0 Å². The second-order valence-corrected chi connectivity index (χ2v) is 3.33. The first kappa shape index (κ1) is 9.53. The van der Waals surface area contributed by atoms with Crippen LogP contribution in [-0.4, -0.2) is 13.1 Å². The van der Waals surface area contributed by atoms with Crippen LogP contribution in [0.3, 0.4) is 0 Å². The Morgan fingerprint density at radius 1 is 1.58 bits per heavy atom. The second kappa shape index (κ2) is 4.46. The van der Waals surface area contributed by atoms with Crippen molar-refractivity contribution in [1.29, 1.82) is 0 Å². The number of hydrogen-bond donors (Lipinski definition) is 1. The van der Waals surface area contributed by atoms with Gasteiger partial charge in [0.25, 0.3) is 0 Å². The Labute approximate surface area is 75.6 Å². The highest BCUT2D eigenvalue weighted by Gasteiger charge is 2.31. The maximum absolute atomic E-state index is 3.33. The Morgan fingerprint density at radius 3 is 2.83 bits per heavy atom. The number of allylic oxidation sites excluding steroid dienone is 2. The molecule has 0 bridgehead atoms. The summed E-state index contributed by atoms with van der Waals surface area (Å²) in [5, 5.41) is 3.33. The molecule has 0 radical (unpaired) electrons. The van der Waals surface area contributed by atoms with Crippen LogP contribution in [0.5, 0.6) is 0 Å². The van der Waals surface area contributed by atoms with E-state index < -0.39 is 0 Å². The molecule has 1 nitrogen and oxygen atoms in total. The van der Waals surface area contributed by atoms with Crippen molar-refractivity contribution in [3.05, 3.63) is 23.8 Å². The van der Waals surface area contributed by atoms with Crippen molar-refractivity contribution in [2.24, 2.45) is 5.92 Å². The molecule has 0 aromatic heterocycles. The summed E-state index contributed by atoms with van der Waals surface area (Å²) in [6.45, 7) is 4.31. The van der Waals surface area contributed by atoms with E-state index >= 15 is 0 Å². The van der Waals surface area contributed by atoms with Gasteiger partial charge in [0.2, 0.25) is 0 Å². The molecule has 1 heteroatoms. The third-order valence-corrected chi connectivity index (χ3v) is 2.64. The van der Waals surface area contributed by atoms with Gasteiger partial charge in [0.15, 0.2) is 0 Å². The first-order valence-electron chi connectivity index (χ1n) is 4.82. The molecule has 1 rings (SSSR count). The van der Waals surface area contributed by atoms with Crippen molar-refractivity contribution in [3.63, 3.8) is 0 Å². The molecule has 2 unspecified atom stereocenters. The Morgan fingerprint density at radius 2 is 2.33 bits per heavy atom. The Hall–Kier alpha value is -0.560. The van der Waals surface area contributed by atoms with Crippen molar-refractivity contribution in [3.8, 4) is 0 Å². The number of nitrogens with one attached hydrogen (secondary N) is 1. The van der Waals surface area contributed by atoms with Crippen molar-refractivity contribution in [2.45, 2.75) is 32.7 Å². The lowest BCUT2D eigenvalue weighted by atomic mass is 9.74. The molecule has 1 N–H and O–H groups in total. The summed E-state index contributed by atoms with van der Waals surface area (Å²) < 4.78 is 0. The van der Waals surface area contributed by atoms with Gasteiger partial charge < -0.3 is 5.32 Å². The fourth-order valence-corrected chi connectivity index (χ4v) is 1.75. The van der Waals surface area contributed by atoms with E-state index in [2.05, 4.69) is 37.4 Å². The van der Waals surface area contributed by atoms with E-state index in [9.17, 15) is 0 Å². The van der Waals surface area contributed by atoms with Crippen LogP contribution in [0.25, 0.3) is 0 Å². The Bertz CT molecular complexity index is 191. The lowest BCUT2D eigenvalue weighted by Crippen LogP contribution is -2.42. The van der Waals surface area contributed by atoms with E-state index in [1.54, 1.807) is 5.57 Å². The fourth-order valence-electron chi connectivity index (χ4n) is 1.75. The first-order valence-corrected chi connectivity index (χ1v) is 4.82. The summed E-state index contributed by atoms with van der Waals surface area (Å²) in [7, 11) is 2.05. The monoisotopic (exact) mass is 165 g/mol. The molecule has 12 heavy (non-hydrogen) atoms. The molecule has 0 spiro atoms. The average molecular weight is 165 g/mol. The van der Waals surface area contributed by atoms with Crippen LogP contribution in [0.15, 0.2) is 23.8 Å². The van der Waals surface area contributed by atoms with E-state index in [-0.39, 0.29) is 0 Å². The zero-order valence-electron chi connectivity index (χ0n) is 8.30. The van der Waals surface area contributed by atoms with Gasteiger partial charge in [-0.05, 0) is 26.8 Å². The molecule has 0 saturated heterocycles. The first-order chi connectivity index (χ1) is 5.83. The van der Waals surface area contributed by atoms with E-state index in [1.165, 1.54) is 6.42 Å². The highest BCUT2D eigenvalue weighted by Crippen LogP contribution is 2.34. The van der Waals surface area contributed by atoms with Crippen LogP contribution in [0.4, 0.5) is 0 Å². The summed E-state index contributed by atoms with van der Waals surface area (Å²) in [6.07, 6.45) is 9.21. The average Bonchev–Trinajstić information content (AvgIpc) is 2.05. The minimum Gasteiger partial charge on any atom is -0.316 e. The SMILES string of the molecule is C/C=C1\CC(NC)C1/C=C\CC. The Balaban J connectivity index is 2.52. The molecule has 0 aliphatic heterocycles. The predicted molar refractivity (Wildman–Crippen MR) is 54.1 cm³/mol. The highest BCUT2D eigenvalue weighted by atomic mass is 14.9. The molecular formula is C11H19N. The van der Waals surface area contributed by atoms with Crippen LogP contribution in [0, 0.1) is 5.92 Å². The van der Waals surface area contributed by atoms with Crippen LogP contribution in [-0.2, 0) is 0 Å². The maximum atomic E-state index is 3.33. The lowest BCUT2D eigenvalue weighted by molar-refractivity contribution is 0.375. The van der Waals surface area contributed by atoms with Gasteiger partial charge in [-0.1, -0.05) is 30.7 Å². The molecule has 0 aromatic carbocycles. The quantitative estimate of drug-likeness (QED) is 0.634. The van der Waals surface area contributed by atoms with Gasteiger partial charge >= 0.3 is 0 Å². The van der Waals surface area contributed by atoms with Crippen molar-refractivity contribution in [1.82, 2.24) is 5.32 Å². The fraction of sp³-hybridized carbons (Fsp3) is 0.636. The second-order valence-electron chi connectivity index (χ2n) is 3.33. The van der Waals surface area contributed by atoms with Crippen molar-refractivity contribution < 1.29 is 0 Å². The minimum absolute atomic E-state index is 0.667. The standard InChI is InChI=1S/C11H19N/c1-4-6-7-10-9(5-2)8-11(10)12-3/h5-7,10-12H,4,8H2,1-3H3/b7-6-,9-5+. The van der Waals surface area contributed by atoms with Gasteiger partial charge in [0.1, 0.15) is 0 Å².